The Balaban J connectivity index is 1.44. The van der Waals surface area contributed by atoms with Crippen molar-refractivity contribution in [2.75, 3.05) is 21.3 Å². The third-order valence-electron chi connectivity index (χ3n) is 6.89. The Bertz CT molecular complexity index is 1320. The van der Waals surface area contributed by atoms with Gasteiger partial charge in [-0.1, -0.05) is 75.4 Å². The van der Waals surface area contributed by atoms with Gasteiger partial charge in [0.15, 0.2) is 17.2 Å². The van der Waals surface area contributed by atoms with Gasteiger partial charge in [0.2, 0.25) is 11.6 Å². The summed E-state index contributed by atoms with van der Waals surface area (Å²) >= 11 is 0. The number of cyclic esters (lactones) is 1. The molecule has 0 unspecified atom stereocenters. The molecule has 39 heavy (non-hydrogen) atoms. The number of nitrogens with zero attached hydrogens (tertiary/aromatic N) is 1. The van der Waals surface area contributed by atoms with E-state index in [1.165, 1.54) is 58.3 Å². The van der Waals surface area contributed by atoms with E-state index in [0.29, 0.717) is 22.8 Å². The molecule has 0 fully saturated rings. The minimum atomic E-state index is -0.521. The van der Waals surface area contributed by atoms with Crippen molar-refractivity contribution in [2.24, 2.45) is 4.99 Å². The van der Waals surface area contributed by atoms with E-state index >= 15 is 0 Å². The van der Waals surface area contributed by atoms with Crippen LogP contribution in [0.15, 0.2) is 71.4 Å². The van der Waals surface area contributed by atoms with Crippen LogP contribution < -0.4 is 14.2 Å². The molecule has 4 rings (SSSR count). The minimum absolute atomic E-state index is 0.181. The summed E-state index contributed by atoms with van der Waals surface area (Å²) in [7, 11) is 4.62. The second-order valence-electron chi connectivity index (χ2n) is 9.55. The molecule has 0 bridgehead atoms. The zero-order valence-corrected chi connectivity index (χ0v) is 23.3. The molecule has 1 heterocycles. The maximum absolute atomic E-state index is 12.6. The summed E-state index contributed by atoms with van der Waals surface area (Å²) in [5.41, 5.74) is 5.17. The van der Waals surface area contributed by atoms with Crippen molar-refractivity contribution in [3.63, 3.8) is 0 Å². The van der Waals surface area contributed by atoms with E-state index in [9.17, 15) is 4.79 Å². The molecule has 3 aromatic rings. The summed E-state index contributed by atoms with van der Waals surface area (Å²) in [6.45, 7) is 2.25. The molecule has 0 aliphatic carbocycles. The van der Waals surface area contributed by atoms with Gasteiger partial charge in [-0.05, 0) is 59.9 Å². The third kappa shape index (κ3) is 6.88. The van der Waals surface area contributed by atoms with E-state index in [-0.39, 0.29) is 11.6 Å². The van der Waals surface area contributed by atoms with Crippen molar-refractivity contribution >= 4 is 17.9 Å². The lowest BCUT2D eigenvalue weighted by molar-refractivity contribution is -0.129. The van der Waals surface area contributed by atoms with E-state index in [2.05, 4.69) is 36.2 Å². The van der Waals surface area contributed by atoms with E-state index in [1.807, 2.05) is 24.3 Å². The summed E-state index contributed by atoms with van der Waals surface area (Å²) < 4.78 is 21.8. The number of benzene rings is 3. The molecule has 3 aromatic carbocycles. The zero-order valence-electron chi connectivity index (χ0n) is 23.3. The lowest BCUT2D eigenvalue weighted by Gasteiger charge is -2.14. The van der Waals surface area contributed by atoms with Crippen LogP contribution in [0.3, 0.4) is 0 Å². The van der Waals surface area contributed by atoms with E-state index in [1.54, 1.807) is 25.3 Å². The van der Waals surface area contributed by atoms with Crippen molar-refractivity contribution in [1.82, 2.24) is 0 Å². The summed E-state index contributed by atoms with van der Waals surface area (Å²) in [6, 6.07) is 20.2. The quantitative estimate of drug-likeness (QED) is 0.130. The van der Waals surface area contributed by atoms with Crippen molar-refractivity contribution in [2.45, 2.75) is 51.9 Å². The Morgan fingerprint density at radius 1 is 0.718 bits per heavy atom. The predicted octanol–water partition coefficient (Wildman–Crippen LogP) is 7.63. The van der Waals surface area contributed by atoms with Crippen molar-refractivity contribution in [1.29, 1.82) is 0 Å². The minimum Gasteiger partial charge on any atom is -0.493 e. The first-order valence-corrected chi connectivity index (χ1v) is 13.6. The first-order chi connectivity index (χ1) is 19.1. The van der Waals surface area contributed by atoms with Gasteiger partial charge in [-0.2, -0.15) is 0 Å². The topological polar surface area (TPSA) is 66.3 Å². The molecule has 204 valence electrons. The lowest BCUT2D eigenvalue weighted by Crippen LogP contribution is -2.05. The van der Waals surface area contributed by atoms with Crippen LogP contribution in [0.4, 0.5) is 0 Å². The number of esters is 1. The Kier molecular flexibility index (Phi) is 9.79. The number of aryl methyl sites for hydroxylation is 1. The van der Waals surface area contributed by atoms with Crippen LogP contribution in [0.25, 0.3) is 17.2 Å². The fourth-order valence-corrected chi connectivity index (χ4v) is 4.70. The van der Waals surface area contributed by atoms with Crippen LogP contribution in [0.5, 0.6) is 17.2 Å². The van der Waals surface area contributed by atoms with Crippen molar-refractivity contribution in [3.8, 4) is 28.4 Å². The number of rotatable bonds is 13. The fraction of sp³-hybridized carbons (Fsp3) is 0.333. The van der Waals surface area contributed by atoms with E-state index < -0.39 is 5.97 Å². The van der Waals surface area contributed by atoms with Gasteiger partial charge in [-0.3, -0.25) is 0 Å². The molecule has 1 aliphatic heterocycles. The highest BCUT2D eigenvalue weighted by atomic mass is 16.6. The Morgan fingerprint density at radius 3 is 1.97 bits per heavy atom. The van der Waals surface area contributed by atoms with Crippen LogP contribution in [0.1, 0.15) is 62.1 Å². The zero-order chi connectivity index (χ0) is 27.6. The second-order valence-corrected chi connectivity index (χ2v) is 9.55. The lowest BCUT2D eigenvalue weighted by atomic mass is 10.00. The van der Waals surface area contributed by atoms with E-state index in [0.717, 1.165) is 23.1 Å². The molecule has 1 aliphatic rings. The number of hydrogen-bond donors (Lipinski definition) is 0. The predicted molar refractivity (Wildman–Crippen MR) is 156 cm³/mol. The Labute approximate surface area is 231 Å². The van der Waals surface area contributed by atoms with Gasteiger partial charge >= 0.3 is 5.97 Å². The summed E-state index contributed by atoms with van der Waals surface area (Å²) in [5, 5.41) is 0. The second kappa shape index (κ2) is 13.7. The van der Waals surface area contributed by atoms with Gasteiger partial charge in [0.05, 0.1) is 21.3 Å². The molecule has 0 aromatic heterocycles. The molecular formula is C33H37NO5. The highest BCUT2D eigenvalue weighted by molar-refractivity contribution is 6.13. The molecule has 0 saturated carbocycles. The summed E-state index contributed by atoms with van der Waals surface area (Å²) in [4.78, 5) is 17.1. The Morgan fingerprint density at radius 2 is 1.33 bits per heavy atom. The smallest absolute Gasteiger partial charge is 0.363 e. The average Bonchev–Trinajstić information content (AvgIpc) is 3.34. The van der Waals surface area contributed by atoms with Crippen molar-refractivity contribution in [3.05, 3.63) is 83.1 Å². The number of carbonyl (C=O) groups is 1. The van der Waals surface area contributed by atoms with Crippen molar-refractivity contribution < 1.29 is 23.7 Å². The molecule has 0 spiro atoms. The van der Waals surface area contributed by atoms with Crippen LogP contribution in [-0.4, -0.2) is 33.2 Å². The van der Waals surface area contributed by atoms with Crippen LogP contribution in [0, 0.1) is 0 Å². The van der Waals surface area contributed by atoms with Gasteiger partial charge in [-0.15, -0.1) is 0 Å². The molecular weight excluding hydrogens is 490 g/mol. The first-order valence-electron chi connectivity index (χ1n) is 13.6. The number of aliphatic imine (C=N–C) groups is 1. The molecule has 6 heteroatoms. The number of unbranched alkanes of at least 4 members (excludes halogenated alkanes) is 5. The Hall–Kier alpha value is -4.06. The molecule has 0 N–H and O–H groups in total. The SMILES string of the molecule is CCCCCCCCc1ccc(-c2ccc(C3=NC(=Cc4ccc(OC)c(OC)c4OC)C(=O)O3)cc2)cc1. The number of carbonyl (C=O) groups excluding carboxylic acids is 1. The van der Waals surface area contributed by atoms with Gasteiger partial charge in [-0.25, -0.2) is 9.79 Å². The fourth-order valence-electron chi connectivity index (χ4n) is 4.70. The van der Waals surface area contributed by atoms with Gasteiger partial charge in [0.25, 0.3) is 0 Å². The molecule has 0 saturated heterocycles. The normalized spacial score (nSPS) is 13.8. The molecule has 6 nitrogen and oxygen atoms in total. The average molecular weight is 528 g/mol. The summed E-state index contributed by atoms with van der Waals surface area (Å²) in [5.74, 6) is 1.17. The van der Waals surface area contributed by atoms with Gasteiger partial charge in [0, 0.05) is 11.1 Å². The number of hydrogen-bond acceptors (Lipinski definition) is 6. The monoisotopic (exact) mass is 527 g/mol. The molecule has 0 atom stereocenters. The number of ether oxygens (including phenoxy) is 4. The molecule has 0 amide bonds. The third-order valence-corrected chi connectivity index (χ3v) is 6.89. The highest BCUT2D eigenvalue weighted by Crippen LogP contribution is 2.41. The maximum atomic E-state index is 12.6. The highest BCUT2D eigenvalue weighted by Gasteiger charge is 2.25. The maximum Gasteiger partial charge on any atom is 0.363 e. The van der Waals surface area contributed by atoms with E-state index in [4.69, 9.17) is 18.9 Å². The summed E-state index contributed by atoms with van der Waals surface area (Å²) in [6.07, 6.45) is 10.6. The van der Waals surface area contributed by atoms with Crippen LogP contribution in [-0.2, 0) is 16.0 Å². The first kappa shape index (κ1) is 28.0. The van der Waals surface area contributed by atoms with Gasteiger partial charge < -0.3 is 18.9 Å². The number of methoxy groups -OCH3 is 3. The largest absolute Gasteiger partial charge is 0.493 e. The standard InChI is InChI=1S/C33H37NO5/c1-5-6-7-8-9-10-11-23-12-14-24(15-13-23)25-16-18-26(19-17-25)32-34-28(33(35)39-32)22-27-20-21-29(36-2)31(38-4)30(27)37-3/h12-22H,5-11H2,1-4H3. The van der Waals surface area contributed by atoms with Gasteiger partial charge in [0.1, 0.15) is 0 Å². The van der Waals surface area contributed by atoms with Crippen LogP contribution in [0.2, 0.25) is 0 Å². The molecule has 0 radical (unpaired) electrons. The van der Waals surface area contributed by atoms with Crippen LogP contribution >= 0.6 is 0 Å².